The van der Waals surface area contributed by atoms with E-state index in [1.165, 1.54) is 0 Å². The highest BCUT2D eigenvalue weighted by Gasteiger charge is 2.18. The highest BCUT2D eigenvalue weighted by Crippen LogP contribution is 2.10. The molecule has 0 heterocycles. The molecule has 0 aliphatic rings. The third kappa shape index (κ3) is 10.7. The maximum absolute atomic E-state index is 11.7. The van der Waals surface area contributed by atoms with E-state index in [0.29, 0.717) is 24.8 Å². The lowest BCUT2D eigenvalue weighted by Crippen LogP contribution is -2.37. The van der Waals surface area contributed by atoms with Gasteiger partial charge in [-0.3, -0.25) is 4.21 Å². The van der Waals surface area contributed by atoms with Crippen LogP contribution in [0.3, 0.4) is 0 Å². The Morgan fingerprint density at radius 2 is 2.00 bits per heavy atom. The van der Waals surface area contributed by atoms with E-state index in [2.05, 4.69) is 16.9 Å². The molecule has 0 fully saturated rings. The number of nitrogens with one attached hydrogen (secondary N) is 1. The van der Waals surface area contributed by atoms with Crippen LogP contribution in [0.4, 0.5) is 0 Å². The average Bonchev–Trinajstić information content (AvgIpc) is 2.13. The number of rotatable bonds is 5. The summed E-state index contributed by atoms with van der Waals surface area (Å²) in [4.78, 5) is 4.07. The Bertz CT molecular complexity index is 298. The van der Waals surface area contributed by atoms with Crippen LogP contribution >= 0.6 is 24.0 Å². The van der Waals surface area contributed by atoms with Gasteiger partial charge >= 0.3 is 0 Å². The first-order valence-electron chi connectivity index (χ1n) is 5.30. The van der Waals surface area contributed by atoms with E-state index in [1.54, 1.807) is 0 Å². The van der Waals surface area contributed by atoms with Gasteiger partial charge in [-0.05, 0) is 27.7 Å². The van der Waals surface area contributed by atoms with Crippen LogP contribution in [-0.4, -0.2) is 33.8 Å². The Hall–Kier alpha value is -0.110. The predicted octanol–water partition coefficient (Wildman–Crippen LogP) is 1.63. The molecule has 0 aromatic rings. The van der Waals surface area contributed by atoms with Crippen molar-refractivity contribution in [1.29, 1.82) is 0 Å². The summed E-state index contributed by atoms with van der Waals surface area (Å²) in [6, 6.07) is 0. The van der Waals surface area contributed by atoms with E-state index in [1.807, 2.05) is 27.7 Å². The molecule has 17 heavy (non-hydrogen) atoms. The van der Waals surface area contributed by atoms with Gasteiger partial charge in [0.2, 0.25) is 0 Å². The van der Waals surface area contributed by atoms with E-state index < -0.39 is 10.8 Å². The molecule has 0 spiro atoms. The van der Waals surface area contributed by atoms with Crippen LogP contribution in [0.15, 0.2) is 17.1 Å². The minimum atomic E-state index is -0.857. The van der Waals surface area contributed by atoms with Gasteiger partial charge in [-0.2, -0.15) is 0 Å². The number of halogens is 1. The molecule has 0 amide bonds. The predicted molar refractivity (Wildman–Crippen MR) is 87.5 cm³/mol. The van der Waals surface area contributed by atoms with E-state index in [0.717, 1.165) is 5.57 Å². The maximum Gasteiger partial charge on any atom is 0.188 e. The van der Waals surface area contributed by atoms with Crippen molar-refractivity contribution in [2.75, 3.05) is 18.8 Å². The van der Waals surface area contributed by atoms with Crippen molar-refractivity contribution in [1.82, 2.24) is 5.32 Å². The fraction of sp³-hybridized carbons (Fsp3) is 0.727. The molecule has 3 N–H and O–H groups in total. The second-order valence-corrected chi connectivity index (χ2v) is 7.07. The van der Waals surface area contributed by atoms with Gasteiger partial charge in [-0.15, -0.1) is 24.0 Å². The summed E-state index contributed by atoms with van der Waals surface area (Å²) in [6.45, 7) is 12.6. The first-order chi connectivity index (χ1) is 7.23. The summed E-state index contributed by atoms with van der Waals surface area (Å²) in [6.07, 6.45) is 0. The summed E-state index contributed by atoms with van der Waals surface area (Å²) in [5.41, 5.74) is 6.58. The third-order valence-corrected chi connectivity index (χ3v) is 3.74. The Balaban J connectivity index is 0. The second kappa shape index (κ2) is 8.91. The van der Waals surface area contributed by atoms with Crippen molar-refractivity contribution in [3.63, 3.8) is 0 Å². The van der Waals surface area contributed by atoms with Crippen LogP contribution in [0, 0.1) is 0 Å². The highest BCUT2D eigenvalue weighted by atomic mass is 127. The van der Waals surface area contributed by atoms with Gasteiger partial charge in [0.25, 0.3) is 0 Å². The lowest BCUT2D eigenvalue weighted by Gasteiger charge is -2.17. The zero-order valence-corrected chi connectivity index (χ0v) is 14.2. The van der Waals surface area contributed by atoms with Gasteiger partial charge in [0.1, 0.15) is 0 Å². The quantitative estimate of drug-likeness (QED) is 0.333. The topological polar surface area (TPSA) is 67.5 Å². The largest absolute Gasteiger partial charge is 0.370 e. The number of hydrogen-bond donors (Lipinski definition) is 2. The minimum Gasteiger partial charge on any atom is -0.370 e. The lowest BCUT2D eigenvalue weighted by molar-refractivity contribution is 0.647. The second-order valence-electron chi connectivity index (χ2n) is 4.75. The Kier molecular flexibility index (Phi) is 10.1. The third-order valence-electron chi connectivity index (χ3n) is 1.80. The molecular weight excluding hydrogens is 349 g/mol. The smallest absolute Gasteiger partial charge is 0.188 e. The van der Waals surface area contributed by atoms with Crippen molar-refractivity contribution >= 4 is 40.7 Å². The monoisotopic (exact) mass is 373 g/mol. The Labute approximate surface area is 124 Å². The molecule has 1 unspecified atom stereocenters. The Morgan fingerprint density at radius 1 is 1.47 bits per heavy atom. The Morgan fingerprint density at radius 3 is 2.41 bits per heavy atom. The summed E-state index contributed by atoms with van der Waals surface area (Å²) < 4.78 is 11.5. The summed E-state index contributed by atoms with van der Waals surface area (Å²) in [7, 11) is -0.857. The molecular formula is C11H24IN3OS. The van der Waals surface area contributed by atoms with Gasteiger partial charge < -0.3 is 11.1 Å². The summed E-state index contributed by atoms with van der Waals surface area (Å²) in [5.74, 6) is 0.959. The molecule has 0 bridgehead atoms. The van der Waals surface area contributed by atoms with Crippen molar-refractivity contribution in [2.24, 2.45) is 10.7 Å². The van der Waals surface area contributed by atoms with Crippen molar-refractivity contribution in [2.45, 2.75) is 32.4 Å². The molecule has 4 nitrogen and oxygen atoms in total. The van der Waals surface area contributed by atoms with E-state index in [-0.39, 0.29) is 28.7 Å². The molecule has 0 aromatic heterocycles. The molecule has 0 rings (SSSR count). The standard InChI is InChI=1S/C11H23N3OS.HI/c1-9(2)8-14-10(12)13-6-7-16(15)11(3,4)5;/h1,6-8H2,2-5H3,(H3,12,13,14);1H. The molecule has 0 aromatic carbocycles. The number of aliphatic imine (C=N–C) groups is 1. The number of nitrogens with two attached hydrogens (primary N) is 1. The van der Waals surface area contributed by atoms with E-state index >= 15 is 0 Å². The lowest BCUT2D eigenvalue weighted by atomic mass is 10.3. The van der Waals surface area contributed by atoms with Crippen LogP contribution in [0.2, 0.25) is 0 Å². The zero-order chi connectivity index (χ0) is 12.8. The molecule has 0 aliphatic heterocycles. The molecule has 0 saturated heterocycles. The molecule has 6 heteroatoms. The summed E-state index contributed by atoms with van der Waals surface area (Å²) >= 11 is 0. The highest BCUT2D eigenvalue weighted by molar-refractivity contribution is 14.0. The van der Waals surface area contributed by atoms with Gasteiger partial charge in [0.05, 0.1) is 6.54 Å². The number of nitrogens with zero attached hydrogens (tertiary/aromatic N) is 1. The molecule has 1 atom stereocenters. The zero-order valence-electron chi connectivity index (χ0n) is 11.1. The SMILES string of the molecule is C=C(C)CN=C(N)NCCS(=O)C(C)(C)C.I. The average molecular weight is 373 g/mol. The van der Waals surface area contributed by atoms with Gasteiger partial charge in [-0.1, -0.05) is 12.2 Å². The first-order valence-corrected chi connectivity index (χ1v) is 6.62. The fourth-order valence-electron chi connectivity index (χ4n) is 0.854. The van der Waals surface area contributed by atoms with Crippen LogP contribution in [0.5, 0.6) is 0 Å². The maximum atomic E-state index is 11.7. The number of hydrogen-bond acceptors (Lipinski definition) is 2. The molecule has 0 radical (unpaired) electrons. The van der Waals surface area contributed by atoms with E-state index in [4.69, 9.17) is 5.73 Å². The number of guanidine groups is 1. The van der Waals surface area contributed by atoms with Gasteiger partial charge in [0.15, 0.2) is 5.96 Å². The minimum absolute atomic E-state index is 0. The summed E-state index contributed by atoms with van der Waals surface area (Å²) in [5, 5.41) is 2.93. The molecule has 0 saturated carbocycles. The van der Waals surface area contributed by atoms with Crippen LogP contribution in [0.1, 0.15) is 27.7 Å². The van der Waals surface area contributed by atoms with Gasteiger partial charge in [0, 0.05) is 27.8 Å². The molecule has 0 aliphatic carbocycles. The van der Waals surface area contributed by atoms with Crippen LogP contribution in [-0.2, 0) is 10.8 Å². The normalized spacial score (nSPS) is 13.8. The first kappa shape index (κ1) is 19.2. The fourth-order valence-corrected chi connectivity index (χ4v) is 1.75. The van der Waals surface area contributed by atoms with E-state index in [9.17, 15) is 4.21 Å². The van der Waals surface area contributed by atoms with Crippen molar-refractivity contribution < 1.29 is 4.21 Å². The van der Waals surface area contributed by atoms with Crippen molar-refractivity contribution in [3.05, 3.63) is 12.2 Å². The van der Waals surface area contributed by atoms with Crippen LogP contribution < -0.4 is 11.1 Å². The van der Waals surface area contributed by atoms with Crippen molar-refractivity contribution in [3.8, 4) is 0 Å². The van der Waals surface area contributed by atoms with Crippen LogP contribution in [0.25, 0.3) is 0 Å². The van der Waals surface area contributed by atoms with Gasteiger partial charge in [-0.25, -0.2) is 4.99 Å². The molecule has 102 valence electrons.